The molecule has 0 fully saturated rings. The number of H-pyrrole nitrogens is 1. The second kappa shape index (κ2) is 7.33. The number of fused-ring (bicyclic) bond motifs is 1. The molecule has 5 nitrogen and oxygen atoms in total. The van der Waals surface area contributed by atoms with Crippen molar-refractivity contribution in [3.8, 4) is 5.69 Å². The van der Waals surface area contributed by atoms with E-state index in [4.69, 9.17) is 12.2 Å². The van der Waals surface area contributed by atoms with Crippen LogP contribution >= 0.6 is 12.2 Å². The van der Waals surface area contributed by atoms with Gasteiger partial charge in [-0.1, -0.05) is 36.4 Å². The summed E-state index contributed by atoms with van der Waals surface area (Å²) in [6, 6.07) is 14.6. The zero-order valence-electron chi connectivity index (χ0n) is 15.8. The molecule has 32 heavy (non-hydrogen) atoms. The minimum Gasteiger partial charge on any atom is -0.298 e. The first kappa shape index (κ1) is 21.8. The molecule has 0 radical (unpaired) electrons. The van der Waals surface area contributed by atoms with Gasteiger partial charge in [-0.25, -0.2) is 10.3 Å². The van der Waals surface area contributed by atoms with Crippen LogP contribution in [0.15, 0.2) is 65.5 Å². The highest BCUT2D eigenvalue weighted by Gasteiger charge is 2.78. The summed E-state index contributed by atoms with van der Waals surface area (Å²) in [5, 5.41) is 2.54. The first-order chi connectivity index (χ1) is 15.0. The SMILES string of the molecule is O=c1[nH]c(=S)n(-c2ccccc2)c2c1C(C(F)(F)F)(C(F)(F)F)[NH+]=C(c1ccccc1)N2. The molecule has 2 heterocycles. The van der Waals surface area contributed by atoms with Gasteiger partial charge in [-0.3, -0.25) is 14.3 Å². The highest BCUT2D eigenvalue weighted by molar-refractivity contribution is 7.71. The Balaban J connectivity index is 2.19. The van der Waals surface area contributed by atoms with Crippen molar-refractivity contribution < 1.29 is 31.3 Å². The molecule has 3 aromatic rings. The fourth-order valence-electron chi connectivity index (χ4n) is 3.56. The number of hydrogen-bond donors (Lipinski definition) is 3. The molecular weight excluding hydrogens is 458 g/mol. The van der Waals surface area contributed by atoms with Crippen LogP contribution in [0.4, 0.5) is 32.2 Å². The predicted molar refractivity (Wildman–Crippen MR) is 106 cm³/mol. The number of rotatable bonds is 2. The maximum Gasteiger partial charge on any atom is 0.446 e. The van der Waals surface area contributed by atoms with Crippen molar-refractivity contribution in [3.05, 3.63) is 86.9 Å². The molecule has 0 unspecified atom stereocenters. The Morgan fingerprint density at radius 2 is 1.41 bits per heavy atom. The molecule has 4 rings (SSSR count). The van der Waals surface area contributed by atoms with E-state index >= 15 is 0 Å². The lowest BCUT2D eigenvalue weighted by Gasteiger charge is -2.35. The number of nitrogens with zero attached hydrogens (tertiary/aromatic N) is 1. The van der Waals surface area contributed by atoms with E-state index in [9.17, 15) is 31.1 Å². The summed E-state index contributed by atoms with van der Waals surface area (Å²) < 4.78 is 86.1. The zero-order valence-corrected chi connectivity index (χ0v) is 16.6. The molecule has 2 aromatic carbocycles. The monoisotopic (exact) mass is 471 g/mol. The molecule has 1 aromatic heterocycles. The normalized spacial score (nSPS) is 15.5. The number of alkyl halides is 6. The summed E-state index contributed by atoms with van der Waals surface area (Å²) >= 11 is 5.10. The maximum absolute atomic E-state index is 14.3. The zero-order chi connectivity index (χ0) is 23.3. The smallest absolute Gasteiger partial charge is 0.298 e. The van der Waals surface area contributed by atoms with E-state index in [2.05, 4.69) is 5.32 Å². The van der Waals surface area contributed by atoms with E-state index in [1.165, 1.54) is 48.5 Å². The Hall–Kier alpha value is -3.41. The van der Waals surface area contributed by atoms with Crippen LogP contribution in [-0.4, -0.2) is 27.7 Å². The number of nitrogens with one attached hydrogen (secondary N) is 3. The highest BCUT2D eigenvalue weighted by Crippen LogP contribution is 2.48. The van der Waals surface area contributed by atoms with E-state index in [1.807, 2.05) is 4.98 Å². The van der Waals surface area contributed by atoms with Crippen LogP contribution < -0.4 is 15.9 Å². The van der Waals surface area contributed by atoms with Crippen LogP contribution in [0.1, 0.15) is 11.1 Å². The van der Waals surface area contributed by atoms with Gasteiger partial charge in [-0.2, -0.15) is 26.3 Å². The van der Waals surface area contributed by atoms with E-state index < -0.39 is 40.7 Å². The van der Waals surface area contributed by atoms with Crippen molar-refractivity contribution in [3.63, 3.8) is 0 Å². The van der Waals surface area contributed by atoms with E-state index in [-0.39, 0.29) is 16.0 Å². The molecular formula is C20H13F6N4OS+. The number of benzene rings is 2. The van der Waals surface area contributed by atoms with E-state index in [0.717, 1.165) is 4.57 Å². The summed E-state index contributed by atoms with van der Waals surface area (Å²) in [6.45, 7) is 0. The first-order valence-electron chi connectivity index (χ1n) is 9.03. The van der Waals surface area contributed by atoms with Crippen LogP contribution in [0.25, 0.3) is 5.69 Å². The molecule has 0 saturated carbocycles. The number of para-hydroxylation sites is 1. The van der Waals surface area contributed by atoms with Crippen molar-refractivity contribution in [2.24, 2.45) is 0 Å². The number of halogens is 6. The Morgan fingerprint density at radius 1 is 0.875 bits per heavy atom. The van der Waals surface area contributed by atoms with Gasteiger partial charge < -0.3 is 0 Å². The summed E-state index contributed by atoms with van der Waals surface area (Å²) in [5.74, 6) is -1.32. The van der Waals surface area contributed by atoms with Crippen LogP contribution in [0.2, 0.25) is 0 Å². The van der Waals surface area contributed by atoms with Crippen molar-refractivity contribution in [2.75, 3.05) is 5.32 Å². The molecule has 0 saturated heterocycles. The van der Waals surface area contributed by atoms with E-state index in [1.54, 1.807) is 17.1 Å². The Bertz CT molecular complexity index is 1300. The van der Waals surface area contributed by atoms with Crippen molar-refractivity contribution in [1.29, 1.82) is 0 Å². The fourth-order valence-corrected chi connectivity index (χ4v) is 3.85. The minimum absolute atomic E-state index is 0.0156. The second-order valence-corrected chi connectivity index (χ2v) is 7.28. The third-order valence-electron chi connectivity index (χ3n) is 4.97. The molecule has 12 heteroatoms. The average Bonchev–Trinajstić information content (AvgIpc) is 2.72. The minimum atomic E-state index is -5.94. The van der Waals surface area contributed by atoms with Crippen molar-refractivity contribution in [1.82, 2.24) is 9.55 Å². The van der Waals surface area contributed by atoms with Crippen LogP contribution in [0.3, 0.4) is 0 Å². The Kier molecular flexibility index (Phi) is 4.99. The molecule has 1 aliphatic heterocycles. The number of hydrogen-bond acceptors (Lipinski definition) is 3. The van der Waals surface area contributed by atoms with Crippen LogP contribution in [0, 0.1) is 4.77 Å². The van der Waals surface area contributed by atoms with Gasteiger partial charge in [0, 0.05) is 0 Å². The third kappa shape index (κ3) is 3.22. The lowest BCUT2D eigenvalue weighted by molar-refractivity contribution is -0.658. The van der Waals surface area contributed by atoms with Crippen LogP contribution in [-0.2, 0) is 5.54 Å². The number of aromatic nitrogens is 2. The molecule has 3 N–H and O–H groups in total. The fraction of sp³-hybridized carbons (Fsp3) is 0.150. The van der Waals surface area contributed by atoms with Gasteiger partial charge >= 0.3 is 17.9 Å². The van der Waals surface area contributed by atoms with Gasteiger partial charge in [0.15, 0.2) is 4.77 Å². The number of anilines is 1. The molecule has 0 amide bonds. The highest BCUT2D eigenvalue weighted by atomic mass is 32.1. The number of aromatic amines is 1. The summed E-state index contributed by atoms with van der Waals surface area (Å²) in [4.78, 5) is 16.1. The molecule has 0 bridgehead atoms. The van der Waals surface area contributed by atoms with Crippen molar-refractivity contribution in [2.45, 2.75) is 17.9 Å². The van der Waals surface area contributed by atoms with E-state index in [0.29, 0.717) is 0 Å². The largest absolute Gasteiger partial charge is 0.446 e. The quantitative estimate of drug-likeness (QED) is 0.398. The molecule has 0 aliphatic carbocycles. The number of amidine groups is 1. The van der Waals surface area contributed by atoms with Crippen molar-refractivity contribution >= 4 is 23.9 Å². The lowest BCUT2D eigenvalue weighted by atomic mass is 9.87. The topological polar surface area (TPSA) is 63.8 Å². The molecule has 166 valence electrons. The molecule has 1 aliphatic rings. The summed E-state index contributed by atoms with van der Waals surface area (Å²) in [5.41, 5.74) is -7.72. The van der Waals surface area contributed by atoms with Gasteiger partial charge in [0.2, 0.25) is 5.82 Å². The second-order valence-electron chi connectivity index (χ2n) is 6.89. The van der Waals surface area contributed by atoms with Gasteiger partial charge in [0.05, 0.1) is 11.3 Å². The van der Waals surface area contributed by atoms with Gasteiger partial charge in [0.25, 0.3) is 11.4 Å². The predicted octanol–water partition coefficient (Wildman–Crippen LogP) is 3.17. The summed E-state index contributed by atoms with van der Waals surface area (Å²) in [6.07, 6.45) is -11.9. The maximum atomic E-state index is 14.3. The Morgan fingerprint density at radius 3 is 1.94 bits per heavy atom. The Labute approximate surface area is 181 Å². The first-order valence-corrected chi connectivity index (χ1v) is 9.44. The molecule has 0 atom stereocenters. The van der Waals surface area contributed by atoms with Gasteiger partial charge in [-0.05, 0) is 36.5 Å². The lowest BCUT2D eigenvalue weighted by Crippen LogP contribution is -2.97. The third-order valence-corrected chi connectivity index (χ3v) is 5.25. The standard InChI is InChI=1S/C20H12F6N4OS/c21-19(22,23)18(20(24,25)26)13-15(27-14(29-18)11-7-3-1-4-8-11)30(17(32)28-16(13)31)12-9-5-2-6-10-12/h1-10H,(H,27,29)(H,28,31,32)/p+1. The average molecular weight is 471 g/mol. The summed E-state index contributed by atoms with van der Waals surface area (Å²) in [7, 11) is 0. The van der Waals surface area contributed by atoms with Gasteiger partial charge in [-0.15, -0.1) is 0 Å². The van der Waals surface area contributed by atoms with Crippen LogP contribution in [0.5, 0.6) is 0 Å². The van der Waals surface area contributed by atoms with Gasteiger partial charge in [0.1, 0.15) is 5.56 Å². The molecule has 0 spiro atoms.